The van der Waals surface area contributed by atoms with Crippen LogP contribution in [0.5, 0.6) is 0 Å². The Morgan fingerprint density at radius 2 is 2.10 bits per heavy atom. The summed E-state index contributed by atoms with van der Waals surface area (Å²) in [7, 11) is 0. The van der Waals surface area contributed by atoms with Crippen LogP contribution in [-0.4, -0.2) is 29.3 Å². The SMILES string of the molecule is CCC1CCCCN1C(=O)C(=O)Nc1ccccc1Br. The van der Waals surface area contributed by atoms with Crippen molar-refractivity contribution in [3.63, 3.8) is 0 Å². The van der Waals surface area contributed by atoms with Crippen molar-refractivity contribution in [2.45, 2.75) is 38.6 Å². The van der Waals surface area contributed by atoms with E-state index in [2.05, 4.69) is 28.2 Å². The molecule has 1 aliphatic rings. The Morgan fingerprint density at radius 3 is 2.80 bits per heavy atom. The van der Waals surface area contributed by atoms with E-state index in [4.69, 9.17) is 0 Å². The highest BCUT2D eigenvalue weighted by molar-refractivity contribution is 9.10. The molecule has 0 aromatic heterocycles. The minimum absolute atomic E-state index is 0.196. The van der Waals surface area contributed by atoms with Gasteiger partial charge in [0.2, 0.25) is 0 Å². The van der Waals surface area contributed by atoms with Crippen LogP contribution >= 0.6 is 15.9 Å². The van der Waals surface area contributed by atoms with Gasteiger partial charge >= 0.3 is 11.8 Å². The van der Waals surface area contributed by atoms with Crippen molar-refractivity contribution in [3.05, 3.63) is 28.7 Å². The van der Waals surface area contributed by atoms with Crippen LogP contribution in [0.25, 0.3) is 0 Å². The van der Waals surface area contributed by atoms with Gasteiger partial charge in [0.25, 0.3) is 0 Å². The van der Waals surface area contributed by atoms with Gasteiger partial charge in [-0.1, -0.05) is 19.1 Å². The molecule has 1 unspecified atom stereocenters. The van der Waals surface area contributed by atoms with E-state index in [1.165, 1.54) is 0 Å². The van der Waals surface area contributed by atoms with Crippen LogP contribution in [0.4, 0.5) is 5.69 Å². The summed E-state index contributed by atoms with van der Waals surface area (Å²) in [6, 6.07) is 7.47. The van der Waals surface area contributed by atoms with Gasteiger partial charge in [-0.3, -0.25) is 9.59 Å². The van der Waals surface area contributed by atoms with Crippen LogP contribution in [0, 0.1) is 0 Å². The number of para-hydroxylation sites is 1. The molecule has 2 rings (SSSR count). The molecule has 4 nitrogen and oxygen atoms in total. The zero-order valence-electron chi connectivity index (χ0n) is 11.6. The highest BCUT2D eigenvalue weighted by Crippen LogP contribution is 2.23. The van der Waals surface area contributed by atoms with Crippen molar-refractivity contribution < 1.29 is 9.59 Å². The molecule has 1 aromatic rings. The molecule has 5 heteroatoms. The van der Waals surface area contributed by atoms with Gasteiger partial charge in [0, 0.05) is 17.1 Å². The first-order chi connectivity index (χ1) is 9.63. The second kappa shape index (κ2) is 6.88. The fourth-order valence-corrected chi connectivity index (χ4v) is 2.95. The normalized spacial score (nSPS) is 18.7. The van der Waals surface area contributed by atoms with Crippen LogP contribution in [-0.2, 0) is 9.59 Å². The third-order valence-electron chi connectivity index (χ3n) is 3.68. The number of hydrogen-bond acceptors (Lipinski definition) is 2. The van der Waals surface area contributed by atoms with Gasteiger partial charge in [-0.05, 0) is 53.7 Å². The number of likely N-dealkylation sites (tertiary alicyclic amines) is 1. The van der Waals surface area contributed by atoms with Crippen molar-refractivity contribution in [2.24, 2.45) is 0 Å². The minimum Gasteiger partial charge on any atom is -0.331 e. The van der Waals surface area contributed by atoms with Gasteiger partial charge in [-0.2, -0.15) is 0 Å². The molecular weight excluding hydrogens is 320 g/mol. The summed E-state index contributed by atoms with van der Waals surface area (Å²) in [5, 5.41) is 2.67. The number of amides is 2. The summed E-state index contributed by atoms with van der Waals surface area (Å²) in [6.45, 7) is 2.74. The Kier molecular flexibility index (Phi) is 5.17. The van der Waals surface area contributed by atoms with E-state index in [1.54, 1.807) is 11.0 Å². The number of hydrogen-bond donors (Lipinski definition) is 1. The maximum Gasteiger partial charge on any atom is 0.313 e. The molecule has 1 saturated heterocycles. The molecule has 0 aliphatic carbocycles. The lowest BCUT2D eigenvalue weighted by Crippen LogP contribution is -2.48. The highest BCUT2D eigenvalue weighted by Gasteiger charge is 2.29. The van der Waals surface area contributed by atoms with Crippen molar-refractivity contribution in [3.8, 4) is 0 Å². The Morgan fingerprint density at radius 1 is 1.35 bits per heavy atom. The van der Waals surface area contributed by atoms with E-state index in [0.717, 1.165) is 30.2 Å². The molecule has 108 valence electrons. The summed E-state index contributed by atoms with van der Waals surface area (Å²) >= 11 is 3.36. The highest BCUT2D eigenvalue weighted by atomic mass is 79.9. The zero-order valence-corrected chi connectivity index (χ0v) is 13.1. The lowest BCUT2D eigenvalue weighted by atomic mass is 10.00. The largest absolute Gasteiger partial charge is 0.331 e. The van der Waals surface area contributed by atoms with Crippen LogP contribution in [0.3, 0.4) is 0 Å². The number of benzene rings is 1. The van der Waals surface area contributed by atoms with Crippen LogP contribution in [0.1, 0.15) is 32.6 Å². The molecule has 1 heterocycles. The standard InChI is InChI=1S/C15H19BrN2O2/c1-2-11-7-5-6-10-18(11)15(20)14(19)17-13-9-4-3-8-12(13)16/h3-4,8-9,11H,2,5-7,10H2,1H3,(H,17,19). The molecule has 0 radical (unpaired) electrons. The fraction of sp³-hybridized carbons (Fsp3) is 0.467. The maximum absolute atomic E-state index is 12.3. The smallest absolute Gasteiger partial charge is 0.313 e. The Labute approximate surface area is 127 Å². The zero-order chi connectivity index (χ0) is 14.5. The van der Waals surface area contributed by atoms with E-state index in [-0.39, 0.29) is 6.04 Å². The molecule has 1 fully saturated rings. The van der Waals surface area contributed by atoms with E-state index >= 15 is 0 Å². The second-order valence-corrected chi connectivity index (χ2v) is 5.84. The maximum atomic E-state index is 12.3. The number of halogens is 1. The first-order valence-electron chi connectivity index (χ1n) is 7.00. The number of nitrogens with one attached hydrogen (secondary N) is 1. The fourth-order valence-electron chi connectivity index (χ4n) is 2.56. The van der Waals surface area contributed by atoms with E-state index in [9.17, 15) is 9.59 Å². The summed E-state index contributed by atoms with van der Waals surface area (Å²) in [4.78, 5) is 26.1. The van der Waals surface area contributed by atoms with Gasteiger partial charge in [0.15, 0.2) is 0 Å². The van der Waals surface area contributed by atoms with Crippen molar-refractivity contribution in [1.82, 2.24) is 4.90 Å². The number of anilines is 1. The number of rotatable bonds is 2. The molecule has 20 heavy (non-hydrogen) atoms. The van der Waals surface area contributed by atoms with Crippen LogP contribution < -0.4 is 5.32 Å². The number of nitrogens with zero attached hydrogens (tertiary/aromatic N) is 1. The average Bonchev–Trinajstić information content (AvgIpc) is 2.48. The summed E-state index contributed by atoms with van der Waals surface area (Å²) in [5.74, 6) is -0.982. The van der Waals surface area contributed by atoms with E-state index in [1.807, 2.05) is 18.2 Å². The Hall–Kier alpha value is -1.36. The molecular formula is C15H19BrN2O2. The summed E-state index contributed by atoms with van der Waals surface area (Å²) in [6.07, 6.45) is 4.00. The number of carbonyl (C=O) groups is 2. The molecule has 2 amide bonds. The Bertz CT molecular complexity index is 504. The molecule has 0 saturated carbocycles. The molecule has 0 bridgehead atoms. The molecule has 1 aliphatic heterocycles. The van der Waals surface area contributed by atoms with Crippen molar-refractivity contribution in [1.29, 1.82) is 0 Å². The van der Waals surface area contributed by atoms with Crippen LogP contribution in [0.2, 0.25) is 0 Å². The molecule has 1 aromatic carbocycles. The third kappa shape index (κ3) is 3.39. The molecule has 0 spiro atoms. The van der Waals surface area contributed by atoms with Gasteiger partial charge in [0.05, 0.1) is 5.69 Å². The van der Waals surface area contributed by atoms with Crippen molar-refractivity contribution >= 4 is 33.4 Å². The number of piperidine rings is 1. The monoisotopic (exact) mass is 338 g/mol. The van der Waals surface area contributed by atoms with Gasteiger partial charge in [-0.25, -0.2) is 0 Å². The lowest BCUT2D eigenvalue weighted by molar-refractivity contribution is -0.145. The first kappa shape index (κ1) is 15.0. The second-order valence-electron chi connectivity index (χ2n) is 4.99. The minimum atomic E-state index is -0.558. The quantitative estimate of drug-likeness (QED) is 0.842. The lowest BCUT2D eigenvalue weighted by Gasteiger charge is -2.34. The predicted molar refractivity (Wildman–Crippen MR) is 82.4 cm³/mol. The average molecular weight is 339 g/mol. The van der Waals surface area contributed by atoms with E-state index in [0.29, 0.717) is 12.2 Å². The van der Waals surface area contributed by atoms with Crippen molar-refractivity contribution in [2.75, 3.05) is 11.9 Å². The van der Waals surface area contributed by atoms with Crippen LogP contribution in [0.15, 0.2) is 28.7 Å². The molecule has 1 N–H and O–H groups in total. The third-order valence-corrected chi connectivity index (χ3v) is 4.37. The van der Waals surface area contributed by atoms with Gasteiger partial charge in [0.1, 0.15) is 0 Å². The van der Waals surface area contributed by atoms with E-state index < -0.39 is 11.8 Å². The topological polar surface area (TPSA) is 49.4 Å². The summed E-state index contributed by atoms with van der Waals surface area (Å²) < 4.78 is 0.770. The summed E-state index contributed by atoms with van der Waals surface area (Å²) in [5.41, 5.74) is 0.621. The number of carbonyl (C=O) groups excluding carboxylic acids is 2. The molecule has 1 atom stereocenters. The van der Waals surface area contributed by atoms with Gasteiger partial charge < -0.3 is 10.2 Å². The Balaban J connectivity index is 2.05. The van der Waals surface area contributed by atoms with Gasteiger partial charge in [-0.15, -0.1) is 0 Å². The first-order valence-corrected chi connectivity index (χ1v) is 7.79. The predicted octanol–water partition coefficient (Wildman–Crippen LogP) is 3.18.